The van der Waals surface area contributed by atoms with Crippen molar-refractivity contribution < 1.29 is 0 Å². The zero-order valence-electron chi connectivity index (χ0n) is 14.6. The SMILES string of the molecule is CC(C)CCCN(C)C/C=C(\c1ccccc1)c1ccncc1. The van der Waals surface area contributed by atoms with Crippen molar-refractivity contribution in [3.05, 3.63) is 72.1 Å². The molecule has 0 N–H and O–H groups in total. The average Bonchev–Trinajstić information content (AvgIpc) is 2.57. The molecular weight excluding hydrogens is 280 g/mol. The first-order valence-electron chi connectivity index (χ1n) is 8.51. The minimum atomic E-state index is 0.788. The van der Waals surface area contributed by atoms with Gasteiger partial charge >= 0.3 is 0 Å². The molecule has 122 valence electrons. The Hall–Kier alpha value is -1.93. The van der Waals surface area contributed by atoms with Crippen LogP contribution >= 0.6 is 0 Å². The summed E-state index contributed by atoms with van der Waals surface area (Å²) in [5, 5.41) is 0. The average molecular weight is 308 g/mol. The van der Waals surface area contributed by atoms with E-state index in [9.17, 15) is 0 Å². The monoisotopic (exact) mass is 308 g/mol. The van der Waals surface area contributed by atoms with E-state index in [1.165, 1.54) is 29.5 Å². The molecule has 0 atom stereocenters. The summed E-state index contributed by atoms with van der Waals surface area (Å²) in [6.07, 6.45) is 8.61. The summed E-state index contributed by atoms with van der Waals surface area (Å²) in [6.45, 7) is 6.69. The Morgan fingerprint density at radius 1 is 1.04 bits per heavy atom. The van der Waals surface area contributed by atoms with Crippen molar-refractivity contribution in [1.29, 1.82) is 0 Å². The lowest BCUT2D eigenvalue weighted by Crippen LogP contribution is -2.20. The molecule has 1 aromatic carbocycles. The first kappa shape index (κ1) is 17.4. The summed E-state index contributed by atoms with van der Waals surface area (Å²) in [4.78, 5) is 6.53. The van der Waals surface area contributed by atoms with Crippen LogP contribution in [-0.4, -0.2) is 30.0 Å². The van der Waals surface area contributed by atoms with Crippen LogP contribution in [-0.2, 0) is 0 Å². The van der Waals surface area contributed by atoms with E-state index >= 15 is 0 Å². The fourth-order valence-corrected chi connectivity index (χ4v) is 2.66. The molecule has 0 spiro atoms. The molecule has 0 saturated heterocycles. The summed E-state index contributed by atoms with van der Waals surface area (Å²) < 4.78 is 0. The van der Waals surface area contributed by atoms with Crippen molar-refractivity contribution in [3.63, 3.8) is 0 Å². The molecule has 0 bridgehead atoms. The van der Waals surface area contributed by atoms with E-state index in [1.54, 1.807) is 0 Å². The second-order valence-electron chi connectivity index (χ2n) is 6.52. The standard InChI is InChI=1S/C21H28N2/c1-18(2)8-7-16-23(3)17-13-21(19-9-5-4-6-10-19)20-11-14-22-15-12-20/h4-6,9-15,18H,7-8,16-17H2,1-3H3/b21-13+. The summed E-state index contributed by atoms with van der Waals surface area (Å²) in [7, 11) is 2.20. The van der Waals surface area contributed by atoms with E-state index in [-0.39, 0.29) is 0 Å². The third-order valence-corrected chi connectivity index (χ3v) is 4.00. The van der Waals surface area contributed by atoms with Crippen LogP contribution in [0, 0.1) is 5.92 Å². The fourth-order valence-electron chi connectivity index (χ4n) is 2.66. The van der Waals surface area contributed by atoms with Gasteiger partial charge < -0.3 is 4.90 Å². The maximum atomic E-state index is 4.14. The minimum Gasteiger partial charge on any atom is -0.303 e. The lowest BCUT2D eigenvalue weighted by molar-refractivity contribution is 0.348. The molecular formula is C21H28N2. The molecule has 0 aliphatic carbocycles. The second kappa shape index (κ2) is 9.26. The smallest absolute Gasteiger partial charge is 0.0273 e. The Morgan fingerprint density at radius 3 is 2.35 bits per heavy atom. The Kier molecular flexibility index (Phi) is 7.02. The quantitative estimate of drug-likeness (QED) is 0.691. The molecule has 1 aromatic heterocycles. The largest absolute Gasteiger partial charge is 0.303 e. The van der Waals surface area contributed by atoms with Gasteiger partial charge in [0.2, 0.25) is 0 Å². The zero-order chi connectivity index (χ0) is 16.5. The molecule has 2 nitrogen and oxygen atoms in total. The Morgan fingerprint density at radius 2 is 1.70 bits per heavy atom. The number of pyridine rings is 1. The van der Waals surface area contributed by atoms with Gasteiger partial charge in [-0.3, -0.25) is 4.98 Å². The van der Waals surface area contributed by atoms with Gasteiger partial charge in [0.1, 0.15) is 0 Å². The third kappa shape index (κ3) is 5.99. The zero-order valence-corrected chi connectivity index (χ0v) is 14.6. The van der Waals surface area contributed by atoms with Crippen LogP contribution in [0.5, 0.6) is 0 Å². The van der Waals surface area contributed by atoms with Crippen LogP contribution in [0.25, 0.3) is 5.57 Å². The lowest BCUT2D eigenvalue weighted by Gasteiger charge is -2.16. The van der Waals surface area contributed by atoms with E-state index < -0.39 is 0 Å². The molecule has 0 aliphatic rings. The highest BCUT2D eigenvalue weighted by Gasteiger charge is 2.05. The van der Waals surface area contributed by atoms with Crippen LogP contribution in [0.3, 0.4) is 0 Å². The molecule has 0 unspecified atom stereocenters. The molecule has 0 aliphatic heterocycles. The normalized spacial score (nSPS) is 12.1. The van der Waals surface area contributed by atoms with Crippen molar-refractivity contribution in [2.45, 2.75) is 26.7 Å². The van der Waals surface area contributed by atoms with Crippen LogP contribution in [0.1, 0.15) is 37.8 Å². The highest BCUT2D eigenvalue weighted by Crippen LogP contribution is 2.22. The van der Waals surface area contributed by atoms with Crippen molar-refractivity contribution >= 4 is 5.57 Å². The van der Waals surface area contributed by atoms with Gasteiger partial charge in [0.05, 0.1) is 0 Å². The summed E-state index contributed by atoms with van der Waals surface area (Å²) >= 11 is 0. The molecule has 2 heteroatoms. The number of hydrogen-bond acceptors (Lipinski definition) is 2. The third-order valence-electron chi connectivity index (χ3n) is 4.00. The van der Waals surface area contributed by atoms with Crippen LogP contribution in [0.2, 0.25) is 0 Å². The van der Waals surface area contributed by atoms with Crippen molar-refractivity contribution in [2.24, 2.45) is 5.92 Å². The first-order valence-corrected chi connectivity index (χ1v) is 8.51. The number of hydrogen-bond donors (Lipinski definition) is 0. The molecule has 0 fully saturated rings. The number of nitrogens with zero attached hydrogens (tertiary/aromatic N) is 2. The number of likely N-dealkylation sites (N-methyl/N-ethyl adjacent to an activating group) is 1. The Labute approximate surface area is 140 Å². The molecule has 1 heterocycles. The van der Waals surface area contributed by atoms with Crippen LogP contribution < -0.4 is 0 Å². The highest BCUT2D eigenvalue weighted by molar-refractivity contribution is 5.79. The molecule has 0 radical (unpaired) electrons. The summed E-state index contributed by atoms with van der Waals surface area (Å²) in [6, 6.07) is 14.8. The summed E-state index contributed by atoms with van der Waals surface area (Å²) in [5.74, 6) is 0.788. The van der Waals surface area contributed by atoms with Gasteiger partial charge in [0.25, 0.3) is 0 Å². The van der Waals surface area contributed by atoms with Gasteiger partial charge in [-0.15, -0.1) is 0 Å². The fraction of sp³-hybridized carbons (Fsp3) is 0.381. The number of aromatic nitrogens is 1. The maximum absolute atomic E-state index is 4.14. The van der Waals surface area contributed by atoms with Crippen molar-refractivity contribution in [3.8, 4) is 0 Å². The highest BCUT2D eigenvalue weighted by atomic mass is 15.1. The van der Waals surface area contributed by atoms with Crippen molar-refractivity contribution in [1.82, 2.24) is 9.88 Å². The second-order valence-corrected chi connectivity index (χ2v) is 6.52. The van der Waals surface area contributed by atoms with E-state index in [4.69, 9.17) is 0 Å². The van der Waals surface area contributed by atoms with E-state index in [2.05, 4.69) is 79.3 Å². The van der Waals surface area contributed by atoms with Gasteiger partial charge in [-0.2, -0.15) is 0 Å². The molecule has 0 saturated carbocycles. The Bertz CT molecular complexity index is 546. The first-order chi connectivity index (χ1) is 11.2. The van der Waals surface area contributed by atoms with E-state index in [0.29, 0.717) is 0 Å². The Balaban J connectivity index is 2.09. The van der Waals surface area contributed by atoms with Gasteiger partial charge in [-0.05, 0) is 61.2 Å². The van der Waals surface area contributed by atoms with E-state index in [0.717, 1.165) is 19.0 Å². The molecule has 23 heavy (non-hydrogen) atoms. The predicted octanol–water partition coefficient (Wildman–Crippen LogP) is 4.88. The van der Waals surface area contributed by atoms with Crippen LogP contribution in [0.15, 0.2) is 60.9 Å². The van der Waals surface area contributed by atoms with Gasteiger partial charge in [0.15, 0.2) is 0 Å². The topological polar surface area (TPSA) is 16.1 Å². The number of benzene rings is 1. The maximum Gasteiger partial charge on any atom is 0.0273 e. The molecule has 2 rings (SSSR count). The van der Waals surface area contributed by atoms with E-state index in [1.807, 2.05) is 12.4 Å². The lowest BCUT2D eigenvalue weighted by atomic mass is 9.98. The molecule has 2 aromatic rings. The van der Waals surface area contributed by atoms with Crippen LogP contribution in [0.4, 0.5) is 0 Å². The molecule has 0 amide bonds. The predicted molar refractivity (Wildman–Crippen MR) is 99.3 cm³/mol. The minimum absolute atomic E-state index is 0.788. The summed E-state index contributed by atoms with van der Waals surface area (Å²) in [5.41, 5.74) is 3.76. The van der Waals surface area contributed by atoms with Gasteiger partial charge in [0, 0.05) is 18.9 Å². The van der Waals surface area contributed by atoms with Crippen molar-refractivity contribution in [2.75, 3.05) is 20.1 Å². The van der Waals surface area contributed by atoms with Gasteiger partial charge in [-0.25, -0.2) is 0 Å². The van der Waals surface area contributed by atoms with Gasteiger partial charge in [-0.1, -0.05) is 50.3 Å². The number of rotatable bonds is 8.